The van der Waals surface area contributed by atoms with Crippen LogP contribution in [-0.2, 0) is 18.4 Å². The maximum atomic E-state index is 13.4. The summed E-state index contributed by atoms with van der Waals surface area (Å²) in [5.74, 6) is 0.725. The lowest BCUT2D eigenvalue weighted by molar-refractivity contribution is -0.120. The van der Waals surface area contributed by atoms with Crippen LogP contribution in [-0.4, -0.2) is 32.9 Å². The summed E-state index contributed by atoms with van der Waals surface area (Å²) >= 11 is 0. The number of nitrogens with one attached hydrogen (secondary N) is 1. The quantitative estimate of drug-likeness (QED) is 0.710. The predicted octanol–water partition coefficient (Wildman–Crippen LogP) is 4.14. The number of halogens is 1. The van der Waals surface area contributed by atoms with E-state index < -0.39 is 0 Å². The van der Waals surface area contributed by atoms with Crippen LogP contribution in [0.15, 0.2) is 54.7 Å². The lowest BCUT2D eigenvalue weighted by Crippen LogP contribution is -2.39. The largest absolute Gasteiger partial charge is 0.334 e. The number of benzene rings is 2. The van der Waals surface area contributed by atoms with Crippen molar-refractivity contribution < 1.29 is 9.18 Å². The number of aromatic nitrogens is 2. The third-order valence-corrected chi connectivity index (χ3v) is 5.66. The van der Waals surface area contributed by atoms with Crippen molar-refractivity contribution in [3.63, 3.8) is 0 Å². The Morgan fingerprint density at radius 1 is 1.21 bits per heavy atom. The van der Waals surface area contributed by atoms with Crippen LogP contribution in [0.2, 0.25) is 0 Å². The number of aryl methyl sites for hydroxylation is 1. The van der Waals surface area contributed by atoms with Crippen molar-refractivity contribution in [1.82, 2.24) is 14.5 Å². The number of carbonyl (C=O) groups excluding carboxylic acids is 1. The highest BCUT2D eigenvalue weighted by atomic mass is 19.1. The average molecular weight is 392 g/mol. The van der Waals surface area contributed by atoms with Gasteiger partial charge in [0.05, 0.1) is 11.7 Å². The number of amides is 1. The number of carbonyl (C=O) groups is 1. The number of anilines is 1. The Morgan fingerprint density at radius 3 is 2.69 bits per heavy atom. The Hall–Kier alpha value is -2.99. The molecule has 4 rings (SSSR count). The SMILES string of the molecule is Cc1ncc(CN2CCCC2C(=O)Nc2ccc(-c3cccc(F)c3)cc2)n1C. The van der Waals surface area contributed by atoms with Crippen LogP contribution in [0.3, 0.4) is 0 Å². The molecule has 1 saturated heterocycles. The van der Waals surface area contributed by atoms with E-state index in [0.29, 0.717) is 6.54 Å². The molecular weight excluding hydrogens is 367 g/mol. The van der Waals surface area contributed by atoms with Gasteiger partial charge in [-0.15, -0.1) is 0 Å². The van der Waals surface area contributed by atoms with Crippen molar-refractivity contribution in [2.45, 2.75) is 32.4 Å². The first kappa shape index (κ1) is 19.3. The molecule has 1 aromatic heterocycles. The molecule has 1 aliphatic heterocycles. The van der Waals surface area contributed by atoms with Gasteiger partial charge >= 0.3 is 0 Å². The van der Waals surface area contributed by atoms with E-state index in [0.717, 1.165) is 47.7 Å². The molecule has 29 heavy (non-hydrogen) atoms. The minimum Gasteiger partial charge on any atom is -0.334 e. The van der Waals surface area contributed by atoms with Crippen molar-refractivity contribution in [3.8, 4) is 11.1 Å². The number of nitrogens with zero attached hydrogens (tertiary/aromatic N) is 3. The molecule has 0 aliphatic carbocycles. The summed E-state index contributed by atoms with van der Waals surface area (Å²) in [6.07, 6.45) is 3.74. The molecule has 150 valence electrons. The Kier molecular flexibility index (Phi) is 5.45. The first-order chi connectivity index (χ1) is 14.0. The lowest BCUT2D eigenvalue weighted by Gasteiger charge is -2.23. The molecular formula is C23H25FN4O. The first-order valence-electron chi connectivity index (χ1n) is 9.89. The second-order valence-corrected chi connectivity index (χ2v) is 7.56. The van der Waals surface area contributed by atoms with Crippen molar-refractivity contribution in [3.05, 3.63) is 72.1 Å². The Labute approximate surface area is 170 Å². The van der Waals surface area contributed by atoms with Crippen molar-refractivity contribution in [2.75, 3.05) is 11.9 Å². The highest BCUT2D eigenvalue weighted by Crippen LogP contribution is 2.24. The normalized spacial score (nSPS) is 16.9. The molecule has 3 aromatic rings. The molecule has 1 fully saturated rings. The molecule has 0 saturated carbocycles. The maximum absolute atomic E-state index is 13.4. The van der Waals surface area contributed by atoms with Crippen LogP contribution < -0.4 is 5.32 Å². The van der Waals surface area contributed by atoms with Gasteiger partial charge in [-0.2, -0.15) is 0 Å². The fourth-order valence-electron chi connectivity index (χ4n) is 3.86. The van der Waals surface area contributed by atoms with Crippen LogP contribution in [0.4, 0.5) is 10.1 Å². The van der Waals surface area contributed by atoms with E-state index in [1.165, 1.54) is 12.1 Å². The number of likely N-dealkylation sites (tertiary alicyclic amines) is 1. The molecule has 1 amide bonds. The lowest BCUT2D eigenvalue weighted by atomic mass is 10.1. The summed E-state index contributed by atoms with van der Waals surface area (Å²) in [7, 11) is 2.00. The zero-order valence-electron chi connectivity index (χ0n) is 16.7. The van der Waals surface area contributed by atoms with Crippen molar-refractivity contribution in [2.24, 2.45) is 7.05 Å². The molecule has 2 heterocycles. The molecule has 6 heteroatoms. The van der Waals surface area contributed by atoms with E-state index in [-0.39, 0.29) is 17.8 Å². The van der Waals surface area contributed by atoms with Gasteiger partial charge < -0.3 is 9.88 Å². The fourth-order valence-corrected chi connectivity index (χ4v) is 3.86. The molecule has 1 unspecified atom stereocenters. The van der Waals surface area contributed by atoms with Gasteiger partial charge in [-0.3, -0.25) is 9.69 Å². The third-order valence-electron chi connectivity index (χ3n) is 5.66. The number of hydrogen-bond donors (Lipinski definition) is 1. The Bertz CT molecular complexity index is 1010. The Balaban J connectivity index is 1.42. The second-order valence-electron chi connectivity index (χ2n) is 7.56. The van der Waals surface area contributed by atoms with E-state index in [9.17, 15) is 9.18 Å². The summed E-state index contributed by atoms with van der Waals surface area (Å²) in [6.45, 7) is 3.60. The molecule has 0 spiro atoms. The number of rotatable bonds is 5. The highest BCUT2D eigenvalue weighted by molar-refractivity contribution is 5.95. The molecule has 0 bridgehead atoms. The first-order valence-corrected chi connectivity index (χ1v) is 9.89. The van der Waals surface area contributed by atoms with Gasteiger partial charge in [-0.25, -0.2) is 9.37 Å². The molecule has 1 atom stereocenters. The van der Waals surface area contributed by atoms with Gasteiger partial charge in [0.1, 0.15) is 11.6 Å². The van der Waals surface area contributed by atoms with Crippen LogP contribution in [0, 0.1) is 12.7 Å². The Morgan fingerprint density at radius 2 is 2.00 bits per heavy atom. The average Bonchev–Trinajstić information content (AvgIpc) is 3.31. The topological polar surface area (TPSA) is 50.2 Å². The second kappa shape index (κ2) is 8.17. The van der Waals surface area contributed by atoms with E-state index in [2.05, 4.69) is 19.8 Å². The fraction of sp³-hybridized carbons (Fsp3) is 0.304. The number of imidazole rings is 1. The number of hydrogen-bond acceptors (Lipinski definition) is 3. The monoisotopic (exact) mass is 392 g/mol. The summed E-state index contributed by atoms with van der Waals surface area (Å²) < 4.78 is 15.5. The summed E-state index contributed by atoms with van der Waals surface area (Å²) in [4.78, 5) is 19.4. The van der Waals surface area contributed by atoms with E-state index in [1.807, 2.05) is 50.5 Å². The van der Waals surface area contributed by atoms with Crippen molar-refractivity contribution >= 4 is 11.6 Å². The van der Waals surface area contributed by atoms with Gasteiger partial charge in [0.15, 0.2) is 0 Å². The van der Waals surface area contributed by atoms with Gasteiger partial charge in [0.25, 0.3) is 0 Å². The van der Waals surface area contributed by atoms with Gasteiger partial charge in [0.2, 0.25) is 5.91 Å². The van der Waals surface area contributed by atoms with Crippen LogP contribution in [0.25, 0.3) is 11.1 Å². The highest BCUT2D eigenvalue weighted by Gasteiger charge is 2.31. The smallest absolute Gasteiger partial charge is 0.241 e. The third kappa shape index (κ3) is 4.22. The molecule has 5 nitrogen and oxygen atoms in total. The van der Waals surface area contributed by atoms with E-state index >= 15 is 0 Å². The molecule has 1 N–H and O–H groups in total. The summed E-state index contributed by atoms with van der Waals surface area (Å²) in [6, 6.07) is 13.9. The maximum Gasteiger partial charge on any atom is 0.241 e. The molecule has 0 radical (unpaired) electrons. The molecule has 1 aliphatic rings. The van der Waals surface area contributed by atoms with Crippen LogP contribution in [0.1, 0.15) is 24.4 Å². The summed E-state index contributed by atoms with van der Waals surface area (Å²) in [5.41, 5.74) is 3.59. The van der Waals surface area contributed by atoms with Gasteiger partial charge in [0, 0.05) is 25.5 Å². The standard InChI is InChI=1S/C23H25FN4O/c1-16-25-14-21(27(16)2)15-28-12-4-7-22(28)23(29)26-20-10-8-17(9-11-20)18-5-3-6-19(24)13-18/h3,5-6,8-11,13-14,22H,4,7,12,15H2,1-2H3,(H,26,29). The minimum atomic E-state index is -0.259. The van der Waals surface area contributed by atoms with E-state index in [4.69, 9.17) is 0 Å². The predicted molar refractivity (Wildman–Crippen MR) is 112 cm³/mol. The summed E-state index contributed by atoms with van der Waals surface area (Å²) in [5, 5.41) is 3.03. The van der Waals surface area contributed by atoms with Crippen LogP contribution >= 0.6 is 0 Å². The van der Waals surface area contributed by atoms with Crippen molar-refractivity contribution in [1.29, 1.82) is 0 Å². The van der Waals surface area contributed by atoms with Crippen LogP contribution in [0.5, 0.6) is 0 Å². The van der Waals surface area contributed by atoms with E-state index in [1.54, 1.807) is 6.07 Å². The minimum absolute atomic E-state index is 0.0138. The molecule has 2 aromatic carbocycles. The van der Waals surface area contributed by atoms with Gasteiger partial charge in [-0.1, -0.05) is 24.3 Å². The zero-order chi connectivity index (χ0) is 20.4. The van der Waals surface area contributed by atoms with Gasteiger partial charge in [-0.05, 0) is 61.7 Å². The zero-order valence-corrected chi connectivity index (χ0v) is 16.7.